The fourth-order valence-electron chi connectivity index (χ4n) is 4.66. The van der Waals surface area contributed by atoms with Crippen LogP contribution in [-0.4, -0.2) is 0 Å². The molecular weight excluding hydrogens is 576 g/mol. The van der Waals surface area contributed by atoms with Gasteiger partial charge in [-0.1, -0.05) is 92.5 Å². The fourth-order valence-corrected chi connectivity index (χ4v) is 6.07. The lowest BCUT2D eigenvalue weighted by atomic mass is 9.93. The molecule has 0 atom stereocenters. The van der Waals surface area contributed by atoms with Gasteiger partial charge in [0.15, 0.2) is 0 Å². The molecular formula is C28H15Br3. The third-order valence-corrected chi connectivity index (χ3v) is 7.87. The van der Waals surface area contributed by atoms with Crippen LogP contribution in [0.25, 0.3) is 44.3 Å². The third kappa shape index (κ3) is 3.06. The van der Waals surface area contributed by atoms with Crippen molar-refractivity contribution in [1.29, 1.82) is 0 Å². The van der Waals surface area contributed by atoms with Crippen LogP contribution in [0.1, 0.15) is 16.7 Å². The SMILES string of the molecule is Brc1ccc2c(c1)C(=Cc1c3ccccc3c(Br)c3ccccc13)c1cc(Br)ccc1-2. The molecule has 0 spiro atoms. The van der Waals surface area contributed by atoms with Crippen LogP contribution in [-0.2, 0) is 0 Å². The van der Waals surface area contributed by atoms with Crippen LogP contribution in [0.3, 0.4) is 0 Å². The Bertz CT molecular complexity index is 1450. The number of rotatable bonds is 1. The standard InChI is InChI=1S/C28H15Br3/c29-16-9-11-20-21-12-10-17(30)14-25(21)27(24(20)13-16)15-26-18-5-1-3-7-22(18)28(31)23-8-4-2-6-19(23)26/h1-15H. The maximum absolute atomic E-state index is 3.87. The molecule has 148 valence electrons. The van der Waals surface area contributed by atoms with Crippen LogP contribution in [0, 0.1) is 0 Å². The predicted octanol–water partition coefficient (Wildman–Crippen LogP) is 9.85. The quantitative estimate of drug-likeness (QED) is 0.167. The molecule has 0 fully saturated rings. The molecule has 0 N–H and O–H groups in total. The van der Waals surface area contributed by atoms with Crippen molar-refractivity contribution in [3.63, 3.8) is 0 Å². The summed E-state index contributed by atoms with van der Waals surface area (Å²) in [7, 11) is 0. The van der Waals surface area contributed by atoms with Gasteiger partial charge in [-0.05, 0) is 101 Å². The Morgan fingerprint density at radius 3 is 1.42 bits per heavy atom. The molecule has 0 bridgehead atoms. The van der Waals surface area contributed by atoms with E-state index in [9.17, 15) is 0 Å². The first kappa shape index (κ1) is 19.5. The molecule has 6 rings (SSSR count). The molecule has 0 heterocycles. The Morgan fingerprint density at radius 1 is 0.484 bits per heavy atom. The van der Waals surface area contributed by atoms with Gasteiger partial charge in [-0.15, -0.1) is 0 Å². The van der Waals surface area contributed by atoms with Crippen molar-refractivity contribution in [2.45, 2.75) is 0 Å². The summed E-state index contributed by atoms with van der Waals surface area (Å²) in [4.78, 5) is 0. The molecule has 0 saturated carbocycles. The Kier molecular flexibility index (Phi) is 4.68. The minimum atomic E-state index is 1.09. The van der Waals surface area contributed by atoms with Gasteiger partial charge in [-0.25, -0.2) is 0 Å². The maximum Gasteiger partial charge on any atom is 0.0332 e. The van der Waals surface area contributed by atoms with Crippen LogP contribution >= 0.6 is 47.8 Å². The van der Waals surface area contributed by atoms with Crippen LogP contribution in [0.15, 0.2) is 98.3 Å². The monoisotopic (exact) mass is 588 g/mol. The largest absolute Gasteiger partial charge is 0.0616 e. The van der Waals surface area contributed by atoms with Crippen molar-refractivity contribution in [3.05, 3.63) is 115 Å². The summed E-state index contributed by atoms with van der Waals surface area (Å²) in [5.41, 5.74) is 7.59. The zero-order chi connectivity index (χ0) is 21.1. The predicted molar refractivity (Wildman–Crippen MR) is 143 cm³/mol. The topological polar surface area (TPSA) is 0 Å². The van der Waals surface area contributed by atoms with E-state index < -0.39 is 0 Å². The van der Waals surface area contributed by atoms with Gasteiger partial charge in [0.05, 0.1) is 0 Å². The molecule has 0 unspecified atom stereocenters. The molecule has 5 aromatic rings. The normalized spacial score (nSPS) is 12.3. The van der Waals surface area contributed by atoms with E-state index in [1.165, 1.54) is 54.9 Å². The number of fused-ring (bicyclic) bond motifs is 5. The summed E-state index contributed by atoms with van der Waals surface area (Å²) in [6.45, 7) is 0. The number of hydrogen-bond acceptors (Lipinski definition) is 0. The fraction of sp³-hybridized carbons (Fsp3) is 0. The van der Waals surface area contributed by atoms with E-state index in [1.54, 1.807) is 0 Å². The molecule has 0 nitrogen and oxygen atoms in total. The lowest BCUT2D eigenvalue weighted by Gasteiger charge is -2.13. The van der Waals surface area contributed by atoms with Crippen molar-refractivity contribution in [3.8, 4) is 11.1 Å². The molecule has 0 aromatic heterocycles. The Hall–Kier alpha value is -2.20. The zero-order valence-electron chi connectivity index (χ0n) is 16.3. The summed E-state index contributed by atoms with van der Waals surface area (Å²) in [6.07, 6.45) is 2.38. The van der Waals surface area contributed by atoms with E-state index in [2.05, 4.69) is 139 Å². The Labute approximate surface area is 206 Å². The first-order valence-electron chi connectivity index (χ1n) is 10.0. The zero-order valence-corrected chi connectivity index (χ0v) is 21.1. The van der Waals surface area contributed by atoms with Crippen LogP contribution in [0.4, 0.5) is 0 Å². The second kappa shape index (κ2) is 7.44. The summed E-state index contributed by atoms with van der Waals surface area (Å²) < 4.78 is 3.34. The average molecular weight is 591 g/mol. The molecule has 3 heteroatoms. The van der Waals surface area contributed by atoms with E-state index in [-0.39, 0.29) is 0 Å². The van der Waals surface area contributed by atoms with E-state index in [0.29, 0.717) is 0 Å². The number of benzene rings is 5. The van der Waals surface area contributed by atoms with Gasteiger partial charge < -0.3 is 0 Å². The highest BCUT2D eigenvalue weighted by molar-refractivity contribution is 9.11. The van der Waals surface area contributed by atoms with E-state index in [0.717, 1.165) is 13.4 Å². The highest BCUT2D eigenvalue weighted by atomic mass is 79.9. The van der Waals surface area contributed by atoms with Gasteiger partial charge in [0.25, 0.3) is 0 Å². The molecule has 31 heavy (non-hydrogen) atoms. The maximum atomic E-state index is 3.87. The van der Waals surface area contributed by atoms with Gasteiger partial charge in [0, 0.05) is 13.4 Å². The number of halogens is 3. The van der Waals surface area contributed by atoms with Gasteiger partial charge in [0.2, 0.25) is 0 Å². The first-order chi connectivity index (χ1) is 15.1. The summed E-state index contributed by atoms with van der Waals surface area (Å²) >= 11 is 11.2. The Morgan fingerprint density at radius 2 is 0.935 bits per heavy atom. The van der Waals surface area contributed by atoms with Crippen molar-refractivity contribution >= 4 is 81.0 Å². The summed E-state index contributed by atoms with van der Waals surface area (Å²) in [6, 6.07) is 30.4. The average Bonchev–Trinajstić information content (AvgIpc) is 3.08. The minimum absolute atomic E-state index is 1.09. The Balaban J connectivity index is 1.76. The molecule has 1 aliphatic carbocycles. The molecule has 0 saturated heterocycles. The van der Waals surface area contributed by atoms with Gasteiger partial charge in [-0.3, -0.25) is 0 Å². The lowest BCUT2D eigenvalue weighted by molar-refractivity contribution is 1.60. The smallest absolute Gasteiger partial charge is 0.0332 e. The summed E-state index contributed by atoms with van der Waals surface area (Å²) in [5, 5.41) is 4.96. The van der Waals surface area contributed by atoms with E-state index in [1.807, 2.05) is 0 Å². The summed E-state index contributed by atoms with van der Waals surface area (Å²) in [5.74, 6) is 0. The molecule has 0 radical (unpaired) electrons. The van der Waals surface area contributed by atoms with E-state index in [4.69, 9.17) is 0 Å². The van der Waals surface area contributed by atoms with Crippen molar-refractivity contribution < 1.29 is 0 Å². The van der Waals surface area contributed by atoms with Crippen molar-refractivity contribution in [2.75, 3.05) is 0 Å². The molecule has 0 aliphatic heterocycles. The second-order valence-electron chi connectivity index (χ2n) is 7.76. The molecule has 0 amide bonds. The van der Waals surface area contributed by atoms with Gasteiger partial charge in [-0.2, -0.15) is 0 Å². The second-order valence-corrected chi connectivity index (χ2v) is 10.4. The minimum Gasteiger partial charge on any atom is -0.0616 e. The highest BCUT2D eigenvalue weighted by Crippen LogP contribution is 2.48. The van der Waals surface area contributed by atoms with Crippen LogP contribution in [0.5, 0.6) is 0 Å². The van der Waals surface area contributed by atoms with E-state index >= 15 is 0 Å². The van der Waals surface area contributed by atoms with Crippen LogP contribution in [0.2, 0.25) is 0 Å². The first-order valence-corrected chi connectivity index (χ1v) is 12.4. The molecule has 5 aromatic carbocycles. The van der Waals surface area contributed by atoms with Crippen molar-refractivity contribution in [1.82, 2.24) is 0 Å². The highest BCUT2D eigenvalue weighted by Gasteiger charge is 2.24. The van der Waals surface area contributed by atoms with Crippen molar-refractivity contribution in [2.24, 2.45) is 0 Å². The van der Waals surface area contributed by atoms with Gasteiger partial charge in [0.1, 0.15) is 0 Å². The lowest BCUT2D eigenvalue weighted by Crippen LogP contribution is -1.88. The number of hydrogen-bond donors (Lipinski definition) is 0. The van der Waals surface area contributed by atoms with Crippen LogP contribution < -0.4 is 0 Å². The third-order valence-electron chi connectivity index (χ3n) is 6.03. The molecule has 1 aliphatic rings. The van der Waals surface area contributed by atoms with Gasteiger partial charge >= 0.3 is 0 Å².